The fraction of sp³-hybridized carbons (Fsp3) is 0.333. The molecule has 1 aromatic rings. The molecule has 1 radical (unpaired) electrons. The molecule has 1 aromatic heterocycles. The fourth-order valence-corrected chi connectivity index (χ4v) is 1.15. The normalized spacial score (nSPS) is 8.25. The molecule has 1 heterocycles. The zero-order chi connectivity index (χ0) is 5.28. The molecule has 0 bridgehead atoms. The Morgan fingerprint density at radius 2 is 2.12 bits per heavy atom. The van der Waals surface area contributed by atoms with Crippen molar-refractivity contribution in [3.05, 3.63) is 21.9 Å². The van der Waals surface area contributed by atoms with Crippen molar-refractivity contribution in [1.82, 2.24) is 0 Å². The van der Waals surface area contributed by atoms with Gasteiger partial charge < -0.3 is 0 Å². The molecular weight excluding hydrogens is 193 g/mol. The number of thiophene rings is 1. The summed E-state index contributed by atoms with van der Waals surface area (Å²) in [6.07, 6.45) is 0. The van der Waals surface area contributed by atoms with Crippen LogP contribution in [0.15, 0.2) is 5.38 Å². The number of hydrogen-bond donors (Lipinski definition) is 0. The average molecular weight is 200 g/mol. The Morgan fingerprint density at radius 3 is 2.25 bits per heavy atom. The third-order valence-corrected chi connectivity index (χ3v) is 1.71. The van der Waals surface area contributed by atoms with E-state index >= 15 is 0 Å². The molecule has 0 amide bonds. The van der Waals surface area contributed by atoms with Gasteiger partial charge in [0.1, 0.15) is 0 Å². The van der Waals surface area contributed by atoms with E-state index in [0.29, 0.717) is 0 Å². The zero-order valence-corrected chi connectivity index (χ0v) is 8.72. The average Bonchev–Trinajstić information content (AvgIpc) is 1.87. The van der Waals surface area contributed by atoms with Gasteiger partial charge in [-0.05, 0) is 6.92 Å². The first-order chi connectivity index (χ1) is 3.29. The van der Waals surface area contributed by atoms with Crippen molar-refractivity contribution >= 4 is 11.3 Å². The van der Waals surface area contributed by atoms with Gasteiger partial charge in [0.25, 0.3) is 0 Å². The minimum absolute atomic E-state index is 0. The van der Waals surface area contributed by atoms with Gasteiger partial charge in [0.05, 0.1) is 0 Å². The number of rotatable bonds is 0. The van der Waals surface area contributed by atoms with E-state index in [9.17, 15) is 0 Å². The van der Waals surface area contributed by atoms with Crippen LogP contribution in [0, 0.1) is 19.9 Å². The topological polar surface area (TPSA) is 0 Å². The van der Waals surface area contributed by atoms with Crippen LogP contribution in [-0.4, -0.2) is 0 Å². The Morgan fingerprint density at radius 1 is 1.50 bits per heavy atom. The van der Waals surface area contributed by atoms with Gasteiger partial charge >= 0.3 is 0 Å². The minimum Gasteiger partial charge on any atom is -0.270 e. The van der Waals surface area contributed by atoms with Crippen LogP contribution in [0.2, 0.25) is 0 Å². The molecule has 2 heteroatoms. The van der Waals surface area contributed by atoms with Crippen molar-refractivity contribution in [2.24, 2.45) is 0 Å². The Labute approximate surface area is 79.2 Å². The van der Waals surface area contributed by atoms with Crippen LogP contribution in [0.1, 0.15) is 10.4 Å². The van der Waals surface area contributed by atoms with Crippen LogP contribution < -0.4 is 0 Å². The first-order valence-corrected chi connectivity index (χ1v) is 3.11. The maximum Gasteiger partial charge on any atom is 0 e. The smallest absolute Gasteiger partial charge is 0 e. The van der Waals surface area contributed by atoms with Crippen molar-refractivity contribution in [2.45, 2.75) is 13.8 Å². The van der Waals surface area contributed by atoms with Gasteiger partial charge in [-0.2, -0.15) is 5.38 Å². The molecule has 41 valence electrons. The third-order valence-electron chi connectivity index (χ3n) is 0.786. The molecule has 8 heavy (non-hydrogen) atoms. The fourth-order valence-electron chi connectivity index (χ4n) is 0.513. The summed E-state index contributed by atoms with van der Waals surface area (Å²) in [5, 5.41) is 2.11. The van der Waals surface area contributed by atoms with Crippen LogP contribution in [0.4, 0.5) is 0 Å². The van der Waals surface area contributed by atoms with E-state index in [2.05, 4.69) is 25.3 Å². The van der Waals surface area contributed by atoms with Gasteiger partial charge in [-0.15, -0.1) is 4.88 Å². The SMILES string of the molecule is Cc1[c-]c(C)sc1.[Y]. The van der Waals surface area contributed by atoms with Crippen molar-refractivity contribution < 1.29 is 32.7 Å². The second kappa shape index (κ2) is 3.76. The zero-order valence-electron chi connectivity index (χ0n) is 5.06. The predicted octanol–water partition coefficient (Wildman–Crippen LogP) is 2.16. The van der Waals surface area contributed by atoms with E-state index in [1.165, 1.54) is 10.4 Å². The third kappa shape index (κ3) is 2.38. The quantitative estimate of drug-likeness (QED) is 0.563. The summed E-state index contributed by atoms with van der Waals surface area (Å²) >= 11 is 1.75. The maximum absolute atomic E-state index is 3.16. The summed E-state index contributed by atoms with van der Waals surface area (Å²) in [5.74, 6) is 0. The van der Waals surface area contributed by atoms with E-state index in [1.807, 2.05) is 0 Å². The Hall–Kier alpha value is 0.804. The molecule has 1 rings (SSSR count). The van der Waals surface area contributed by atoms with Crippen LogP contribution >= 0.6 is 11.3 Å². The van der Waals surface area contributed by atoms with Crippen molar-refractivity contribution in [3.63, 3.8) is 0 Å². The number of hydrogen-bond acceptors (Lipinski definition) is 1. The van der Waals surface area contributed by atoms with E-state index in [-0.39, 0.29) is 32.7 Å². The minimum atomic E-state index is 0. The monoisotopic (exact) mass is 200 g/mol. The van der Waals surface area contributed by atoms with Crippen molar-refractivity contribution in [2.75, 3.05) is 0 Å². The van der Waals surface area contributed by atoms with E-state index < -0.39 is 0 Å². The second-order valence-corrected chi connectivity index (χ2v) is 2.68. The van der Waals surface area contributed by atoms with Gasteiger partial charge in [-0.3, -0.25) is 11.3 Å². The molecule has 0 saturated carbocycles. The van der Waals surface area contributed by atoms with E-state index in [4.69, 9.17) is 0 Å². The van der Waals surface area contributed by atoms with Crippen LogP contribution in [-0.2, 0) is 32.7 Å². The van der Waals surface area contributed by atoms with Gasteiger partial charge in [0.2, 0.25) is 0 Å². The first-order valence-electron chi connectivity index (χ1n) is 2.23. The molecule has 0 N–H and O–H groups in total. The van der Waals surface area contributed by atoms with E-state index in [1.54, 1.807) is 11.3 Å². The molecule has 0 spiro atoms. The van der Waals surface area contributed by atoms with Crippen LogP contribution in [0.25, 0.3) is 0 Å². The maximum atomic E-state index is 3.16. The van der Waals surface area contributed by atoms with E-state index in [0.717, 1.165) is 0 Å². The molecule has 0 aromatic carbocycles. The molecule has 0 atom stereocenters. The number of aryl methyl sites for hydroxylation is 2. The summed E-state index contributed by atoms with van der Waals surface area (Å²) < 4.78 is 0. The van der Waals surface area contributed by atoms with Crippen LogP contribution in [0.3, 0.4) is 0 Å². The standard InChI is InChI=1S/C6H7S.Y/c1-5-3-6(2)7-4-5;/h4H,1-2H3;/q-1;. The second-order valence-electron chi connectivity index (χ2n) is 1.60. The van der Waals surface area contributed by atoms with Crippen molar-refractivity contribution in [3.8, 4) is 0 Å². The Kier molecular flexibility index (Phi) is 4.14. The molecule has 0 saturated heterocycles. The molecule has 0 nitrogen and oxygen atoms in total. The van der Waals surface area contributed by atoms with Gasteiger partial charge in [0, 0.05) is 32.7 Å². The Balaban J connectivity index is 0.000000490. The summed E-state index contributed by atoms with van der Waals surface area (Å²) in [7, 11) is 0. The summed E-state index contributed by atoms with van der Waals surface area (Å²) in [4.78, 5) is 1.28. The first kappa shape index (κ1) is 8.80. The molecule has 0 aliphatic carbocycles. The molecule has 0 fully saturated rings. The Bertz CT molecular complexity index is 141. The van der Waals surface area contributed by atoms with Gasteiger partial charge in [-0.1, -0.05) is 6.92 Å². The van der Waals surface area contributed by atoms with Crippen molar-refractivity contribution in [1.29, 1.82) is 0 Å². The molecular formula is C6H7SY-. The molecule has 0 aliphatic rings. The predicted molar refractivity (Wildman–Crippen MR) is 32.6 cm³/mol. The largest absolute Gasteiger partial charge is 0.270 e. The van der Waals surface area contributed by atoms with Gasteiger partial charge in [-0.25, -0.2) is 11.6 Å². The summed E-state index contributed by atoms with van der Waals surface area (Å²) in [6, 6.07) is 3.16. The summed E-state index contributed by atoms with van der Waals surface area (Å²) in [5.41, 5.74) is 1.25. The molecule has 0 aliphatic heterocycles. The summed E-state index contributed by atoms with van der Waals surface area (Å²) in [6.45, 7) is 4.13. The van der Waals surface area contributed by atoms with Crippen LogP contribution in [0.5, 0.6) is 0 Å². The van der Waals surface area contributed by atoms with Gasteiger partial charge in [0.15, 0.2) is 0 Å². The molecule has 0 unspecified atom stereocenters.